The fourth-order valence-electron chi connectivity index (χ4n) is 1.38. The molecule has 2 unspecified atom stereocenters. The fourth-order valence-corrected chi connectivity index (χ4v) is 1.55. The maximum Gasteiger partial charge on any atom is 0.139 e. The molecule has 0 bridgehead atoms. The normalized spacial score (nSPS) is 15.4. The molecule has 0 spiro atoms. The number of rotatable bonds is 3. The molecule has 0 aliphatic carbocycles. The Morgan fingerprint density at radius 1 is 1.33 bits per heavy atom. The Balaban J connectivity index is 2.36. The summed E-state index contributed by atoms with van der Waals surface area (Å²) in [6.45, 7) is 0. The Kier molecular flexibility index (Phi) is 2.90. The van der Waals surface area contributed by atoms with E-state index in [1.165, 1.54) is 0 Å². The average Bonchev–Trinajstić information content (AvgIpc) is 2.70. The summed E-state index contributed by atoms with van der Waals surface area (Å²) in [6.07, 6.45) is -2.08. The molecule has 2 rings (SSSR count). The third kappa shape index (κ3) is 1.97. The van der Waals surface area contributed by atoms with E-state index in [1.54, 1.807) is 0 Å². The highest BCUT2D eigenvalue weighted by Gasteiger charge is 2.20. The minimum Gasteiger partial charge on any atom is -0.389 e. The zero-order chi connectivity index (χ0) is 10.8. The molecule has 80 valence electrons. The first-order chi connectivity index (χ1) is 7.22. The van der Waals surface area contributed by atoms with Gasteiger partial charge >= 0.3 is 0 Å². The van der Waals surface area contributed by atoms with Crippen LogP contribution >= 0.6 is 11.6 Å². The maximum atomic E-state index is 9.66. The Bertz CT molecular complexity index is 424. The average molecular weight is 227 g/mol. The van der Waals surface area contributed by atoms with Crippen molar-refractivity contribution in [1.29, 1.82) is 0 Å². The summed E-state index contributed by atoms with van der Waals surface area (Å²) >= 11 is 5.44. The maximum absolute atomic E-state index is 9.66. The zero-order valence-electron chi connectivity index (χ0n) is 7.89. The van der Waals surface area contributed by atoms with Crippen molar-refractivity contribution in [2.75, 3.05) is 5.88 Å². The number of halogens is 1. The largest absolute Gasteiger partial charge is 0.389 e. The van der Waals surface area contributed by atoms with Crippen LogP contribution in [0.2, 0.25) is 0 Å². The van der Waals surface area contributed by atoms with Crippen molar-refractivity contribution in [3.63, 3.8) is 0 Å². The number of aromatic nitrogens is 2. The summed E-state index contributed by atoms with van der Waals surface area (Å²) in [4.78, 5) is 7.09. The van der Waals surface area contributed by atoms with Crippen LogP contribution in [-0.2, 0) is 0 Å². The number of nitrogens with zero attached hydrogens (tertiary/aromatic N) is 1. The number of fused-ring (bicyclic) bond motifs is 1. The molecule has 3 N–H and O–H groups in total. The second kappa shape index (κ2) is 4.18. The summed E-state index contributed by atoms with van der Waals surface area (Å²) in [5.41, 5.74) is 1.58. The predicted molar refractivity (Wildman–Crippen MR) is 57.8 cm³/mol. The van der Waals surface area contributed by atoms with Gasteiger partial charge in [0.1, 0.15) is 18.0 Å². The second-order valence-corrected chi connectivity index (χ2v) is 3.61. The molecule has 1 heterocycles. The van der Waals surface area contributed by atoms with Gasteiger partial charge < -0.3 is 15.2 Å². The molecule has 2 aromatic rings. The Labute approximate surface area is 91.5 Å². The van der Waals surface area contributed by atoms with Gasteiger partial charge in [-0.2, -0.15) is 0 Å². The van der Waals surface area contributed by atoms with E-state index < -0.39 is 12.2 Å². The topological polar surface area (TPSA) is 69.1 Å². The smallest absolute Gasteiger partial charge is 0.139 e. The van der Waals surface area contributed by atoms with E-state index in [9.17, 15) is 10.2 Å². The minimum atomic E-state index is -1.07. The van der Waals surface area contributed by atoms with Crippen molar-refractivity contribution in [3.05, 3.63) is 30.1 Å². The van der Waals surface area contributed by atoms with Gasteiger partial charge in [-0.15, -0.1) is 11.6 Å². The molecule has 0 radical (unpaired) electrons. The van der Waals surface area contributed by atoms with Crippen molar-refractivity contribution in [1.82, 2.24) is 9.97 Å². The number of aliphatic hydroxyl groups excluding tert-OH is 2. The third-order valence-electron chi connectivity index (χ3n) is 2.21. The molecule has 0 aliphatic rings. The fraction of sp³-hybridized carbons (Fsp3) is 0.300. The number of aromatic amines is 1. The van der Waals surface area contributed by atoms with Crippen LogP contribution in [0, 0.1) is 0 Å². The number of imidazole rings is 1. The van der Waals surface area contributed by atoms with Crippen molar-refractivity contribution in [3.8, 4) is 0 Å². The lowest BCUT2D eigenvalue weighted by molar-refractivity contribution is 0.0278. The molecule has 4 nitrogen and oxygen atoms in total. The van der Waals surface area contributed by atoms with Gasteiger partial charge in [-0.3, -0.25) is 0 Å². The standard InChI is InChI=1S/C10H11ClN2O2/c11-5-8(14)9(15)10-12-6-3-1-2-4-7(6)13-10/h1-4,8-9,14-15H,5H2,(H,12,13). The summed E-state index contributed by atoms with van der Waals surface area (Å²) < 4.78 is 0. The van der Waals surface area contributed by atoms with Gasteiger partial charge in [-0.05, 0) is 12.1 Å². The van der Waals surface area contributed by atoms with E-state index in [0.29, 0.717) is 5.82 Å². The molecule has 15 heavy (non-hydrogen) atoms. The van der Waals surface area contributed by atoms with Gasteiger partial charge in [0, 0.05) is 0 Å². The highest BCUT2D eigenvalue weighted by atomic mass is 35.5. The van der Waals surface area contributed by atoms with E-state index >= 15 is 0 Å². The van der Waals surface area contributed by atoms with E-state index in [1.807, 2.05) is 24.3 Å². The van der Waals surface area contributed by atoms with Crippen LogP contribution in [-0.4, -0.2) is 32.2 Å². The van der Waals surface area contributed by atoms with Crippen LogP contribution in [0.3, 0.4) is 0 Å². The third-order valence-corrected chi connectivity index (χ3v) is 2.53. The number of H-pyrrole nitrogens is 1. The van der Waals surface area contributed by atoms with E-state index in [4.69, 9.17) is 11.6 Å². The van der Waals surface area contributed by atoms with Gasteiger partial charge in [-0.25, -0.2) is 4.98 Å². The summed E-state index contributed by atoms with van der Waals surface area (Å²) in [7, 11) is 0. The van der Waals surface area contributed by atoms with Crippen LogP contribution in [0.1, 0.15) is 11.9 Å². The first kappa shape index (κ1) is 10.4. The van der Waals surface area contributed by atoms with Gasteiger partial charge in [0.05, 0.1) is 16.9 Å². The second-order valence-electron chi connectivity index (χ2n) is 3.31. The van der Waals surface area contributed by atoms with E-state index in [-0.39, 0.29) is 5.88 Å². The molecule has 5 heteroatoms. The molecular formula is C10H11ClN2O2. The monoisotopic (exact) mass is 226 g/mol. The first-order valence-electron chi connectivity index (χ1n) is 4.59. The number of para-hydroxylation sites is 2. The zero-order valence-corrected chi connectivity index (χ0v) is 8.65. The molecule has 0 aliphatic heterocycles. The Morgan fingerprint density at radius 3 is 2.73 bits per heavy atom. The molecule has 1 aromatic heterocycles. The summed E-state index contributed by atoms with van der Waals surface area (Å²) in [5, 5.41) is 19.0. The quantitative estimate of drug-likeness (QED) is 0.689. The Morgan fingerprint density at radius 2 is 2.07 bits per heavy atom. The van der Waals surface area contributed by atoms with E-state index in [0.717, 1.165) is 11.0 Å². The number of hydrogen-bond acceptors (Lipinski definition) is 3. The minimum absolute atomic E-state index is 0.0296. The van der Waals surface area contributed by atoms with Crippen molar-refractivity contribution >= 4 is 22.6 Å². The van der Waals surface area contributed by atoms with Crippen LogP contribution in [0.15, 0.2) is 24.3 Å². The lowest BCUT2D eigenvalue weighted by atomic mass is 10.2. The van der Waals surface area contributed by atoms with Gasteiger partial charge in [0.15, 0.2) is 0 Å². The lowest BCUT2D eigenvalue weighted by Crippen LogP contribution is -2.20. The number of benzene rings is 1. The lowest BCUT2D eigenvalue weighted by Gasteiger charge is -2.11. The van der Waals surface area contributed by atoms with Gasteiger partial charge in [0.25, 0.3) is 0 Å². The molecular weight excluding hydrogens is 216 g/mol. The van der Waals surface area contributed by atoms with Crippen molar-refractivity contribution in [2.45, 2.75) is 12.2 Å². The van der Waals surface area contributed by atoms with Gasteiger partial charge in [-0.1, -0.05) is 12.1 Å². The number of nitrogens with one attached hydrogen (secondary N) is 1. The highest BCUT2D eigenvalue weighted by molar-refractivity contribution is 6.18. The molecule has 1 aromatic carbocycles. The summed E-state index contributed by atoms with van der Waals surface area (Å²) in [6, 6.07) is 7.41. The molecule has 2 atom stereocenters. The molecule has 0 amide bonds. The first-order valence-corrected chi connectivity index (χ1v) is 5.12. The molecule has 0 saturated carbocycles. The summed E-state index contributed by atoms with van der Waals surface area (Å²) in [5.74, 6) is 0.308. The van der Waals surface area contributed by atoms with Crippen molar-refractivity contribution in [2.24, 2.45) is 0 Å². The molecule has 0 saturated heterocycles. The number of aliphatic hydroxyl groups is 2. The van der Waals surface area contributed by atoms with Crippen LogP contribution < -0.4 is 0 Å². The highest BCUT2D eigenvalue weighted by Crippen LogP contribution is 2.18. The van der Waals surface area contributed by atoms with Crippen molar-refractivity contribution < 1.29 is 10.2 Å². The molecule has 0 fully saturated rings. The van der Waals surface area contributed by atoms with Crippen LogP contribution in [0.5, 0.6) is 0 Å². The van der Waals surface area contributed by atoms with Crippen LogP contribution in [0.25, 0.3) is 11.0 Å². The number of hydrogen-bond donors (Lipinski definition) is 3. The van der Waals surface area contributed by atoms with E-state index in [2.05, 4.69) is 9.97 Å². The predicted octanol–water partition coefficient (Wildman–Crippen LogP) is 1.20. The van der Waals surface area contributed by atoms with Gasteiger partial charge in [0.2, 0.25) is 0 Å². The SMILES string of the molecule is OC(CCl)C(O)c1nc2ccccc2[nH]1. The Hall–Kier alpha value is -1.10. The number of alkyl halides is 1. The van der Waals surface area contributed by atoms with Crippen LogP contribution in [0.4, 0.5) is 0 Å².